The molecule has 0 aliphatic carbocycles. The van der Waals surface area contributed by atoms with Crippen molar-refractivity contribution in [3.63, 3.8) is 0 Å². The van der Waals surface area contributed by atoms with Crippen molar-refractivity contribution in [3.8, 4) is 0 Å². The zero-order chi connectivity index (χ0) is 12.0. The maximum Gasteiger partial charge on any atom is 0.337 e. The third kappa shape index (κ3) is 1.41. The first-order chi connectivity index (χ1) is 7.43. The van der Waals surface area contributed by atoms with Gasteiger partial charge in [-0.2, -0.15) is 5.10 Å². The van der Waals surface area contributed by atoms with Gasteiger partial charge in [-0.1, -0.05) is 0 Å². The van der Waals surface area contributed by atoms with E-state index in [1.165, 1.54) is 0 Å². The van der Waals surface area contributed by atoms with Gasteiger partial charge >= 0.3 is 5.97 Å². The summed E-state index contributed by atoms with van der Waals surface area (Å²) in [5.74, 6) is -0.974. The van der Waals surface area contributed by atoms with Crippen molar-refractivity contribution in [1.82, 2.24) is 14.8 Å². The number of carboxylic acids is 1. The van der Waals surface area contributed by atoms with Crippen LogP contribution in [0.5, 0.6) is 0 Å². The van der Waals surface area contributed by atoms with E-state index in [2.05, 4.69) is 26.0 Å². The van der Waals surface area contributed by atoms with Crippen molar-refractivity contribution in [3.05, 3.63) is 21.4 Å². The van der Waals surface area contributed by atoms with Crippen LogP contribution in [0.1, 0.15) is 21.7 Å². The number of nitrogens with zero attached hydrogens (tertiary/aromatic N) is 3. The number of hydrogen-bond donors (Lipinski definition) is 1. The van der Waals surface area contributed by atoms with Crippen LogP contribution in [0.25, 0.3) is 11.0 Å². The second-order valence-corrected chi connectivity index (χ2v) is 4.39. The Morgan fingerprint density at radius 3 is 2.56 bits per heavy atom. The Kier molecular flexibility index (Phi) is 2.46. The van der Waals surface area contributed by atoms with E-state index in [4.69, 9.17) is 0 Å². The molecule has 0 radical (unpaired) electrons. The van der Waals surface area contributed by atoms with E-state index < -0.39 is 5.97 Å². The first kappa shape index (κ1) is 11.1. The highest BCUT2D eigenvalue weighted by atomic mass is 79.9. The summed E-state index contributed by atoms with van der Waals surface area (Å²) in [6, 6.07) is 0. The fourth-order valence-corrected chi connectivity index (χ4v) is 2.22. The van der Waals surface area contributed by atoms with Gasteiger partial charge in [0.15, 0.2) is 5.65 Å². The summed E-state index contributed by atoms with van der Waals surface area (Å²) in [6.45, 7) is 3.54. The van der Waals surface area contributed by atoms with Crippen LogP contribution in [0.4, 0.5) is 0 Å². The average molecular weight is 284 g/mol. The summed E-state index contributed by atoms with van der Waals surface area (Å²) in [4.78, 5) is 15.6. The van der Waals surface area contributed by atoms with Crippen LogP contribution in [-0.4, -0.2) is 25.8 Å². The van der Waals surface area contributed by atoms with Gasteiger partial charge in [-0.05, 0) is 29.8 Å². The molecule has 5 nitrogen and oxygen atoms in total. The van der Waals surface area contributed by atoms with Crippen LogP contribution in [0.2, 0.25) is 0 Å². The highest BCUT2D eigenvalue weighted by Crippen LogP contribution is 2.29. The highest BCUT2D eigenvalue weighted by Gasteiger charge is 2.21. The molecule has 0 saturated heterocycles. The Morgan fingerprint density at radius 2 is 2.00 bits per heavy atom. The second-order valence-electron chi connectivity index (χ2n) is 3.60. The summed E-state index contributed by atoms with van der Waals surface area (Å²) in [5.41, 5.74) is 2.14. The molecule has 2 aromatic rings. The predicted molar refractivity (Wildman–Crippen MR) is 62.6 cm³/mol. The largest absolute Gasteiger partial charge is 0.478 e. The molecule has 2 rings (SSSR count). The molecule has 0 bridgehead atoms. The van der Waals surface area contributed by atoms with Crippen molar-refractivity contribution in [2.45, 2.75) is 13.8 Å². The van der Waals surface area contributed by atoms with Crippen LogP contribution in [-0.2, 0) is 7.05 Å². The number of fused-ring (bicyclic) bond motifs is 1. The monoisotopic (exact) mass is 283 g/mol. The quantitative estimate of drug-likeness (QED) is 0.870. The molecule has 0 fully saturated rings. The minimum Gasteiger partial charge on any atom is -0.478 e. The number of aromatic carboxylic acids is 1. The molecule has 0 aliphatic heterocycles. The lowest BCUT2D eigenvalue weighted by Crippen LogP contribution is -2.03. The molecule has 6 heteroatoms. The Balaban J connectivity index is 3.04. The average Bonchev–Trinajstić information content (AvgIpc) is 2.44. The van der Waals surface area contributed by atoms with Gasteiger partial charge < -0.3 is 5.11 Å². The minimum atomic E-state index is -0.974. The Bertz CT molecular complexity index is 604. The molecule has 0 spiro atoms. The van der Waals surface area contributed by atoms with Gasteiger partial charge in [-0.15, -0.1) is 0 Å². The molecule has 0 amide bonds. The van der Waals surface area contributed by atoms with Crippen LogP contribution in [0.3, 0.4) is 0 Å². The number of aromatic nitrogens is 3. The zero-order valence-corrected chi connectivity index (χ0v) is 10.7. The summed E-state index contributed by atoms with van der Waals surface area (Å²) in [7, 11) is 1.75. The normalized spacial score (nSPS) is 11.0. The fourth-order valence-electron chi connectivity index (χ4n) is 1.77. The van der Waals surface area contributed by atoms with Gasteiger partial charge in [0.05, 0.1) is 26.8 Å². The van der Waals surface area contributed by atoms with Crippen LogP contribution >= 0.6 is 15.9 Å². The van der Waals surface area contributed by atoms with Crippen molar-refractivity contribution < 1.29 is 9.90 Å². The molecule has 0 atom stereocenters. The van der Waals surface area contributed by atoms with Crippen molar-refractivity contribution in [1.29, 1.82) is 0 Å². The molecule has 16 heavy (non-hydrogen) atoms. The smallest absolute Gasteiger partial charge is 0.337 e. The van der Waals surface area contributed by atoms with E-state index >= 15 is 0 Å². The second kappa shape index (κ2) is 3.55. The number of carbonyl (C=O) groups is 1. The van der Waals surface area contributed by atoms with Crippen molar-refractivity contribution in [2.24, 2.45) is 7.05 Å². The SMILES string of the molecule is Cc1nc2c(c(C)nn2C)c(C(=O)O)c1Br. The summed E-state index contributed by atoms with van der Waals surface area (Å²) in [5, 5.41) is 14.0. The van der Waals surface area contributed by atoms with Gasteiger partial charge in [-0.25, -0.2) is 9.78 Å². The molecular weight excluding hydrogens is 274 g/mol. The molecule has 84 valence electrons. The number of aryl methyl sites for hydroxylation is 3. The standard InChI is InChI=1S/C10H10BrN3O2/c1-4-6-7(10(15)16)8(11)5(2)12-9(6)14(3)13-4/h1-3H3,(H,15,16). The van der Waals surface area contributed by atoms with Gasteiger partial charge in [0.25, 0.3) is 0 Å². The van der Waals surface area contributed by atoms with E-state index in [1.54, 1.807) is 25.6 Å². The zero-order valence-electron chi connectivity index (χ0n) is 9.08. The predicted octanol–water partition coefficient (Wildman–Crippen LogP) is 2.05. The molecule has 0 aromatic carbocycles. The van der Waals surface area contributed by atoms with E-state index in [1.807, 2.05) is 0 Å². The van der Waals surface area contributed by atoms with Gasteiger partial charge in [0, 0.05) is 7.05 Å². The van der Waals surface area contributed by atoms with Crippen LogP contribution in [0, 0.1) is 13.8 Å². The molecule has 0 saturated carbocycles. The number of rotatable bonds is 1. The van der Waals surface area contributed by atoms with E-state index in [0.717, 1.165) is 0 Å². The van der Waals surface area contributed by atoms with E-state index in [0.29, 0.717) is 26.9 Å². The van der Waals surface area contributed by atoms with E-state index in [-0.39, 0.29) is 5.56 Å². The summed E-state index contributed by atoms with van der Waals surface area (Å²) < 4.78 is 2.11. The van der Waals surface area contributed by atoms with Crippen molar-refractivity contribution in [2.75, 3.05) is 0 Å². The molecule has 0 unspecified atom stereocenters. The number of halogens is 1. The summed E-state index contributed by atoms with van der Waals surface area (Å²) >= 11 is 3.26. The molecule has 2 aromatic heterocycles. The molecular formula is C10H10BrN3O2. The van der Waals surface area contributed by atoms with Gasteiger partial charge in [-0.3, -0.25) is 4.68 Å². The fraction of sp³-hybridized carbons (Fsp3) is 0.300. The lowest BCUT2D eigenvalue weighted by molar-refractivity contribution is 0.0698. The van der Waals surface area contributed by atoms with E-state index in [9.17, 15) is 9.90 Å². The highest BCUT2D eigenvalue weighted by molar-refractivity contribution is 9.10. The third-order valence-corrected chi connectivity index (χ3v) is 3.44. The van der Waals surface area contributed by atoms with Crippen LogP contribution in [0.15, 0.2) is 4.47 Å². The molecule has 2 heterocycles. The minimum absolute atomic E-state index is 0.230. The number of hydrogen-bond acceptors (Lipinski definition) is 3. The van der Waals surface area contributed by atoms with Gasteiger partial charge in [0.1, 0.15) is 0 Å². The maximum absolute atomic E-state index is 11.3. The number of pyridine rings is 1. The maximum atomic E-state index is 11.3. The summed E-state index contributed by atoms with van der Waals surface area (Å²) in [6.07, 6.45) is 0. The Hall–Kier alpha value is -1.43. The number of carboxylic acid groups (broad SMARTS) is 1. The lowest BCUT2D eigenvalue weighted by Gasteiger charge is -2.05. The topological polar surface area (TPSA) is 68.0 Å². The Morgan fingerprint density at radius 1 is 1.38 bits per heavy atom. The first-order valence-corrected chi connectivity index (χ1v) is 5.45. The lowest BCUT2D eigenvalue weighted by atomic mass is 10.1. The molecule has 0 aliphatic rings. The van der Waals surface area contributed by atoms with Crippen molar-refractivity contribution >= 4 is 32.9 Å². The third-order valence-electron chi connectivity index (χ3n) is 2.47. The molecule has 1 N–H and O–H groups in total. The first-order valence-electron chi connectivity index (χ1n) is 4.66. The van der Waals surface area contributed by atoms with Crippen LogP contribution < -0.4 is 0 Å². The Labute approximate surface area is 100 Å². The van der Waals surface area contributed by atoms with Gasteiger partial charge in [0.2, 0.25) is 0 Å².